The summed E-state index contributed by atoms with van der Waals surface area (Å²) in [5.74, 6) is 5.38. The van der Waals surface area contributed by atoms with Crippen LogP contribution in [-0.2, 0) is 5.41 Å². The molecule has 5 aliphatic heterocycles. The number of benzene rings is 5. The van der Waals surface area contributed by atoms with Gasteiger partial charge in [-0.1, -0.05) is 74.4 Å². The van der Waals surface area contributed by atoms with Gasteiger partial charge in [-0.25, -0.2) is 0 Å². The first-order valence-electron chi connectivity index (χ1n) is 17.0. The first-order chi connectivity index (χ1) is 23.0. The third-order valence-corrected chi connectivity index (χ3v) is 13.8. The number of ether oxygens (including phenoxy) is 3. The third kappa shape index (κ3) is 2.84. The fourth-order valence-corrected chi connectivity index (χ4v) is 11.6. The second-order valence-electron chi connectivity index (χ2n) is 14.6. The zero-order valence-electron chi connectivity index (χ0n) is 26.2. The first kappa shape index (κ1) is 25.5. The number of anilines is 2. The second-order valence-corrected chi connectivity index (χ2v) is 15.7. The van der Waals surface area contributed by atoms with Gasteiger partial charge in [0.1, 0.15) is 34.5 Å². The van der Waals surface area contributed by atoms with E-state index in [9.17, 15) is 0 Å². The van der Waals surface area contributed by atoms with E-state index in [-0.39, 0.29) is 24.4 Å². The molecule has 1 fully saturated rings. The molecule has 0 bridgehead atoms. The van der Waals surface area contributed by atoms with E-state index in [2.05, 4.69) is 104 Å². The fourth-order valence-electron chi connectivity index (χ4n) is 10.3. The number of fused-ring (bicyclic) bond motifs is 14. The summed E-state index contributed by atoms with van der Waals surface area (Å²) in [6.07, 6.45) is 4.94. The van der Waals surface area contributed by atoms with E-state index in [1.54, 1.807) is 0 Å². The van der Waals surface area contributed by atoms with Crippen molar-refractivity contribution in [1.82, 2.24) is 0 Å². The van der Waals surface area contributed by atoms with Crippen LogP contribution in [0.25, 0.3) is 10.1 Å². The highest BCUT2D eigenvalue weighted by molar-refractivity contribution is 7.33. The predicted molar refractivity (Wildman–Crippen MR) is 193 cm³/mol. The molecule has 6 heterocycles. The van der Waals surface area contributed by atoms with Gasteiger partial charge in [-0.2, -0.15) is 0 Å². The zero-order chi connectivity index (χ0) is 30.8. The molecule has 0 spiro atoms. The lowest BCUT2D eigenvalue weighted by Crippen LogP contribution is -2.64. The van der Waals surface area contributed by atoms with Gasteiger partial charge in [0.2, 0.25) is 0 Å². The lowest BCUT2D eigenvalue weighted by molar-refractivity contribution is 0.195. The minimum absolute atomic E-state index is 0.00214. The average molecular weight is 625 g/mol. The van der Waals surface area contributed by atoms with Crippen molar-refractivity contribution in [1.29, 1.82) is 0 Å². The summed E-state index contributed by atoms with van der Waals surface area (Å²) in [6.45, 7) is 5.18. The minimum Gasteiger partial charge on any atom is -0.458 e. The molecule has 1 saturated carbocycles. The third-order valence-electron chi connectivity index (χ3n) is 12.6. The topological polar surface area (TPSA) is 30.9 Å². The molecule has 7 heteroatoms. The molecule has 4 nitrogen and oxygen atoms in total. The number of thiophene rings is 1. The van der Waals surface area contributed by atoms with E-state index < -0.39 is 0 Å². The van der Waals surface area contributed by atoms with Crippen LogP contribution in [0.4, 0.5) is 11.4 Å². The maximum Gasteiger partial charge on any atom is 0.268 e. The van der Waals surface area contributed by atoms with Gasteiger partial charge in [-0.3, -0.25) is 0 Å². The summed E-state index contributed by atoms with van der Waals surface area (Å²) < 4.78 is 22.9. The molecule has 0 saturated heterocycles. The van der Waals surface area contributed by atoms with Gasteiger partial charge < -0.3 is 19.1 Å². The molecule has 1 aromatic heterocycles. The molecule has 2 unspecified atom stereocenters. The standard InChI is InChI=1S/C40H29B2NO3S/c1-39-18-7-8-19-40(39,2)43-36-22-10-3-6-15-33(22)47-38(36)42-26-20-25-31(21-32(26)46-30-17-16-23(39)37(43)35(30)42)45-29-14-9-13-28-34(29)41(25)24-11-4-5-12-27(24)44-28/h3-6,9-17,20-21H,7-8,18-19H2,1-2H3. The van der Waals surface area contributed by atoms with Crippen molar-refractivity contribution >= 4 is 78.3 Å². The summed E-state index contributed by atoms with van der Waals surface area (Å²) in [4.78, 5) is 2.79. The lowest BCUT2D eigenvalue weighted by atomic mass is 9.32. The maximum atomic E-state index is 6.97. The molecule has 12 rings (SSSR count). The Bertz CT molecular complexity index is 2440. The van der Waals surface area contributed by atoms with Crippen LogP contribution in [0.1, 0.15) is 45.1 Å². The number of hydrogen-bond donors (Lipinski definition) is 0. The Labute approximate surface area is 278 Å². The molecule has 5 aromatic carbocycles. The van der Waals surface area contributed by atoms with Crippen LogP contribution >= 0.6 is 11.3 Å². The Kier molecular flexibility index (Phi) is 4.48. The highest BCUT2D eigenvalue weighted by Crippen LogP contribution is 2.63. The molecule has 6 aromatic rings. The number of rotatable bonds is 0. The van der Waals surface area contributed by atoms with Crippen molar-refractivity contribution in [2.45, 2.75) is 50.5 Å². The molecule has 1 aliphatic carbocycles. The molecular formula is C40H29B2NO3S. The zero-order valence-corrected chi connectivity index (χ0v) is 27.0. The molecule has 0 amide bonds. The summed E-state index contributed by atoms with van der Waals surface area (Å²) in [7, 11) is 0. The summed E-state index contributed by atoms with van der Waals surface area (Å²) in [5.41, 5.74) is 10.4. The van der Waals surface area contributed by atoms with E-state index >= 15 is 0 Å². The molecule has 47 heavy (non-hydrogen) atoms. The average Bonchev–Trinajstić information content (AvgIpc) is 3.57. The Morgan fingerprint density at radius 2 is 1.32 bits per heavy atom. The summed E-state index contributed by atoms with van der Waals surface area (Å²) >= 11 is 1.97. The molecule has 6 aliphatic rings. The van der Waals surface area contributed by atoms with Crippen LogP contribution in [0.3, 0.4) is 0 Å². The van der Waals surface area contributed by atoms with E-state index in [4.69, 9.17) is 14.2 Å². The molecular weight excluding hydrogens is 596 g/mol. The first-order valence-corrected chi connectivity index (χ1v) is 17.8. The van der Waals surface area contributed by atoms with Crippen molar-refractivity contribution < 1.29 is 14.2 Å². The van der Waals surface area contributed by atoms with Crippen molar-refractivity contribution in [2.75, 3.05) is 4.90 Å². The minimum atomic E-state index is 0.00214. The predicted octanol–water partition coefficient (Wildman–Crippen LogP) is 6.31. The Balaban J connectivity index is 1.16. The molecule has 0 N–H and O–H groups in total. The van der Waals surface area contributed by atoms with E-state index in [1.165, 1.54) is 79.3 Å². The van der Waals surface area contributed by atoms with E-state index in [0.29, 0.717) is 0 Å². The van der Waals surface area contributed by atoms with Gasteiger partial charge >= 0.3 is 0 Å². The van der Waals surface area contributed by atoms with Gasteiger partial charge in [0.15, 0.2) is 0 Å². The van der Waals surface area contributed by atoms with Gasteiger partial charge in [0.25, 0.3) is 13.4 Å². The number of hydrogen-bond acceptors (Lipinski definition) is 5. The van der Waals surface area contributed by atoms with Crippen molar-refractivity contribution in [3.63, 3.8) is 0 Å². The Morgan fingerprint density at radius 3 is 2.19 bits per heavy atom. The molecule has 0 radical (unpaired) electrons. The SMILES string of the molecule is CC12CCCCC1(C)N1c3c2ccc2c3B(c3cc4c(cc3O2)Oc2cccc3c2B4c2ccccc2O3)c2sc3ccccc3c21. The number of para-hydroxylation sites is 1. The summed E-state index contributed by atoms with van der Waals surface area (Å²) in [5, 5.41) is 1.37. The Hall–Kier alpha value is -4.61. The highest BCUT2D eigenvalue weighted by Gasteiger charge is 2.62. The normalized spacial score (nSPS) is 22.9. The van der Waals surface area contributed by atoms with Crippen molar-refractivity contribution in [3.8, 4) is 34.5 Å². The largest absolute Gasteiger partial charge is 0.458 e. The van der Waals surface area contributed by atoms with Gasteiger partial charge in [0, 0.05) is 37.5 Å². The summed E-state index contributed by atoms with van der Waals surface area (Å²) in [6, 6.07) is 32.9. The van der Waals surface area contributed by atoms with Gasteiger partial charge in [-0.15, -0.1) is 11.3 Å². The van der Waals surface area contributed by atoms with Gasteiger partial charge in [0.05, 0.1) is 11.2 Å². The smallest absolute Gasteiger partial charge is 0.268 e. The van der Waals surface area contributed by atoms with Crippen LogP contribution in [0, 0.1) is 0 Å². The van der Waals surface area contributed by atoms with E-state index in [0.717, 1.165) is 40.0 Å². The quantitative estimate of drug-likeness (QED) is 0.185. The monoisotopic (exact) mass is 625 g/mol. The number of nitrogens with zero attached hydrogens (tertiary/aromatic N) is 1. The van der Waals surface area contributed by atoms with Crippen LogP contribution < -0.4 is 51.2 Å². The molecule has 224 valence electrons. The second kappa shape index (κ2) is 8.26. The van der Waals surface area contributed by atoms with Crippen LogP contribution in [0.5, 0.6) is 34.5 Å². The highest BCUT2D eigenvalue weighted by atomic mass is 32.1. The van der Waals surface area contributed by atoms with Crippen LogP contribution in [0.15, 0.2) is 91.0 Å². The van der Waals surface area contributed by atoms with Gasteiger partial charge in [-0.05, 0) is 77.5 Å². The van der Waals surface area contributed by atoms with Crippen molar-refractivity contribution in [3.05, 3.63) is 96.6 Å². The van der Waals surface area contributed by atoms with Crippen molar-refractivity contribution in [2.24, 2.45) is 0 Å². The Morgan fingerprint density at radius 1 is 0.617 bits per heavy atom. The van der Waals surface area contributed by atoms with Crippen LogP contribution in [0.2, 0.25) is 0 Å². The van der Waals surface area contributed by atoms with E-state index in [1.807, 2.05) is 17.4 Å². The van der Waals surface area contributed by atoms with Crippen LogP contribution in [-0.4, -0.2) is 19.0 Å². The molecule has 2 atom stereocenters. The lowest BCUT2D eigenvalue weighted by Gasteiger charge is -2.51. The maximum absolute atomic E-state index is 6.97. The fraction of sp³-hybridized carbons (Fsp3) is 0.200.